The highest BCUT2D eigenvalue weighted by molar-refractivity contribution is 5.75. The molecule has 0 aliphatic heterocycles. The van der Waals surface area contributed by atoms with Crippen LogP contribution in [-0.2, 0) is 9.59 Å². The number of rotatable bonds is 51. The largest absolute Gasteiger partial charge is 0.481 e. The zero-order valence-electron chi connectivity index (χ0n) is 43.1. The van der Waals surface area contributed by atoms with Crippen molar-refractivity contribution in [3.8, 4) is 0 Å². The van der Waals surface area contributed by atoms with Gasteiger partial charge in [-0.05, 0) is 104 Å². The van der Waals surface area contributed by atoms with Gasteiger partial charge in [-0.2, -0.15) is 0 Å². The average Bonchev–Trinajstić information content (AvgIpc) is 3.25. The zero-order chi connectivity index (χ0) is 45.8. The summed E-state index contributed by atoms with van der Waals surface area (Å²) in [6, 6.07) is 0. The van der Waals surface area contributed by atoms with Crippen molar-refractivity contribution in [3.63, 3.8) is 0 Å². The minimum atomic E-state index is -0.522. The minimum Gasteiger partial charge on any atom is -0.481 e. The van der Waals surface area contributed by atoms with E-state index in [4.69, 9.17) is 0 Å². The lowest BCUT2D eigenvalue weighted by atomic mass is 9.74. The van der Waals surface area contributed by atoms with Crippen LogP contribution in [0.2, 0.25) is 0 Å². The fourth-order valence-corrected chi connectivity index (χ4v) is 10.1. The van der Waals surface area contributed by atoms with Crippen LogP contribution in [0, 0.1) is 10.8 Å². The molecule has 0 spiro atoms. The molecule has 0 aliphatic carbocycles. The Morgan fingerprint density at radius 1 is 0.290 bits per heavy atom. The summed E-state index contributed by atoms with van der Waals surface area (Å²) in [4.78, 5) is 30.3. The monoisotopic (exact) mass is 877 g/mol. The van der Waals surface area contributed by atoms with Crippen molar-refractivity contribution >= 4 is 11.9 Å². The van der Waals surface area contributed by atoms with Gasteiger partial charge in [0.2, 0.25) is 0 Å². The Labute approximate surface area is 388 Å². The van der Waals surface area contributed by atoms with Crippen LogP contribution < -0.4 is 0 Å². The molecule has 6 nitrogen and oxygen atoms in total. The van der Waals surface area contributed by atoms with E-state index in [0.29, 0.717) is 0 Å². The van der Waals surface area contributed by atoms with Gasteiger partial charge in [-0.25, -0.2) is 0 Å². The first-order valence-electron chi connectivity index (χ1n) is 28.0. The van der Waals surface area contributed by atoms with Crippen molar-refractivity contribution in [1.82, 2.24) is 9.80 Å². The molecule has 0 aromatic heterocycles. The Morgan fingerprint density at radius 3 is 0.645 bits per heavy atom. The van der Waals surface area contributed by atoms with E-state index in [1.165, 1.54) is 219 Å². The summed E-state index contributed by atoms with van der Waals surface area (Å²) in [5, 5.41) is 20.8. The third-order valence-electron chi connectivity index (χ3n) is 14.7. The molecule has 0 bridgehead atoms. The molecule has 0 rings (SSSR count). The molecule has 0 aromatic carbocycles. The highest BCUT2D eigenvalue weighted by Gasteiger charge is 2.37. The van der Waals surface area contributed by atoms with Gasteiger partial charge in [0.05, 0.1) is 10.8 Å². The number of unbranched alkanes of at least 4 members (excludes halogenated alkanes) is 29. The van der Waals surface area contributed by atoms with Gasteiger partial charge in [0, 0.05) is 0 Å². The predicted molar refractivity (Wildman–Crippen MR) is 272 cm³/mol. The van der Waals surface area contributed by atoms with E-state index >= 15 is 0 Å². The van der Waals surface area contributed by atoms with Gasteiger partial charge in [-0.1, -0.05) is 233 Å². The van der Waals surface area contributed by atoms with Gasteiger partial charge in [-0.15, -0.1) is 0 Å². The van der Waals surface area contributed by atoms with Gasteiger partial charge in [-0.3, -0.25) is 9.59 Å². The molecule has 2 N–H and O–H groups in total. The molecule has 370 valence electrons. The summed E-state index contributed by atoms with van der Waals surface area (Å²) in [5.41, 5.74) is -0.975. The predicted octanol–water partition coefficient (Wildman–Crippen LogP) is 17.5. The smallest absolute Gasteiger partial charge is 0.309 e. The molecule has 6 heteroatoms. The highest BCUT2D eigenvalue weighted by Crippen LogP contribution is 2.39. The molecular weight excluding hydrogens is 765 g/mol. The first-order chi connectivity index (χ1) is 30.1. The molecule has 2 unspecified atom stereocenters. The molecular formula is C56H112N2O4. The highest BCUT2D eigenvalue weighted by atomic mass is 16.4. The summed E-state index contributed by atoms with van der Waals surface area (Å²) in [6.07, 6.45) is 49.4. The Bertz CT molecular complexity index is 900. The second-order valence-corrected chi connectivity index (χ2v) is 20.6. The number of carboxylic acid groups (broad SMARTS) is 2. The Hall–Kier alpha value is -1.14. The Balaban J connectivity index is 4.08. The molecule has 0 radical (unpaired) electrons. The van der Waals surface area contributed by atoms with Crippen molar-refractivity contribution in [2.45, 2.75) is 297 Å². The SMILES string of the molecule is CCCCCCCCC(CCCCCC)(CCCCCCCN(C)CCCCCCCCN(C)CCCCCCCC(CCCCCC)(CCCCCCCC)C(=O)O)C(=O)O. The number of nitrogens with zero attached hydrogens (tertiary/aromatic N) is 2. The number of hydrogen-bond donors (Lipinski definition) is 2. The quantitative estimate of drug-likeness (QED) is 0.0593. The van der Waals surface area contributed by atoms with Crippen molar-refractivity contribution in [3.05, 3.63) is 0 Å². The molecule has 0 amide bonds. The maximum absolute atomic E-state index is 12.6. The van der Waals surface area contributed by atoms with Crippen LogP contribution in [0.4, 0.5) is 0 Å². The summed E-state index contributed by atoms with van der Waals surface area (Å²) >= 11 is 0. The Morgan fingerprint density at radius 2 is 0.452 bits per heavy atom. The summed E-state index contributed by atoms with van der Waals surface area (Å²) in [6.45, 7) is 13.8. The summed E-state index contributed by atoms with van der Waals surface area (Å²) < 4.78 is 0. The molecule has 0 fully saturated rings. The van der Waals surface area contributed by atoms with E-state index in [2.05, 4.69) is 51.6 Å². The van der Waals surface area contributed by atoms with E-state index in [1.54, 1.807) is 0 Å². The zero-order valence-corrected chi connectivity index (χ0v) is 43.1. The molecule has 0 saturated heterocycles. The van der Waals surface area contributed by atoms with E-state index < -0.39 is 22.8 Å². The Kier molecular flexibility index (Phi) is 42.9. The molecule has 0 aromatic rings. The van der Waals surface area contributed by atoms with Crippen molar-refractivity contribution < 1.29 is 19.8 Å². The van der Waals surface area contributed by atoms with E-state index in [0.717, 1.165) is 77.0 Å². The lowest BCUT2D eigenvalue weighted by molar-refractivity contribution is -0.151. The topological polar surface area (TPSA) is 81.1 Å². The number of aliphatic carboxylic acids is 2. The van der Waals surface area contributed by atoms with Crippen LogP contribution in [0.1, 0.15) is 297 Å². The van der Waals surface area contributed by atoms with Gasteiger partial charge in [0.15, 0.2) is 0 Å². The van der Waals surface area contributed by atoms with Crippen LogP contribution in [-0.4, -0.2) is 72.2 Å². The van der Waals surface area contributed by atoms with Gasteiger partial charge >= 0.3 is 11.9 Å². The van der Waals surface area contributed by atoms with E-state index in [1.807, 2.05) is 0 Å². The fourth-order valence-electron chi connectivity index (χ4n) is 10.1. The van der Waals surface area contributed by atoms with Gasteiger partial charge in [0.1, 0.15) is 0 Å². The van der Waals surface area contributed by atoms with E-state index in [-0.39, 0.29) is 0 Å². The summed E-state index contributed by atoms with van der Waals surface area (Å²) in [7, 11) is 4.58. The van der Waals surface area contributed by atoms with Crippen LogP contribution in [0.25, 0.3) is 0 Å². The van der Waals surface area contributed by atoms with Crippen molar-refractivity contribution in [2.75, 3.05) is 40.3 Å². The lowest BCUT2D eigenvalue weighted by Gasteiger charge is -2.30. The van der Waals surface area contributed by atoms with Crippen LogP contribution in [0.15, 0.2) is 0 Å². The number of hydrogen-bond acceptors (Lipinski definition) is 4. The molecule has 2 atom stereocenters. The normalized spacial score (nSPS) is 13.9. The fraction of sp³-hybridized carbons (Fsp3) is 0.964. The van der Waals surface area contributed by atoms with Crippen LogP contribution in [0.5, 0.6) is 0 Å². The van der Waals surface area contributed by atoms with Gasteiger partial charge < -0.3 is 20.0 Å². The van der Waals surface area contributed by atoms with Crippen molar-refractivity contribution in [1.29, 1.82) is 0 Å². The van der Waals surface area contributed by atoms with Crippen LogP contribution >= 0.6 is 0 Å². The summed E-state index contributed by atoms with van der Waals surface area (Å²) in [5.74, 6) is -1.04. The lowest BCUT2D eigenvalue weighted by Crippen LogP contribution is -2.31. The third kappa shape index (κ3) is 34.2. The molecule has 0 saturated carbocycles. The van der Waals surface area contributed by atoms with Crippen LogP contribution in [0.3, 0.4) is 0 Å². The standard InChI is InChI=1S/C56H112N2O4/c1-7-11-15-19-25-35-45-55(53(59)60,43-33-17-13-9-3)47-37-27-23-31-41-51-57(5)49-39-29-21-22-30-40-50-58(6)52-42-32-24-28-38-48-56(54(61)62,44-34-18-14-10-4)46-36-26-20-16-12-8-2/h7-52H2,1-6H3,(H,59,60)(H,61,62). The second-order valence-electron chi connectivity index (χ2n) is 20.6. The average molecular weight is 878 g/mol. The number of carbonyl (C=O) groups is 2. The maximum Gasteiger partial charge on any atom is 0.309 e. The third-order valence-corrected chi connectivity index (χ3v) is 14.7. The minimum absolute atomic E-state index is 0.488. The molecule has 62 heavy (non-hydrogen) atoms. The van der Waals surface area contributed by atoms with E-state index in [9.17, 15) is 19.8 Å². The van der Waals surface area contributed by atoms with Gasteiger partial charge in [0.25, 0.3) is 0 Å². The van der Waals surface area contributed by atoms with Crippen molar-refractivity contribution in [2.24, 2.45) is 10.8 Å². The number of carboxylic acids is 2. The second kappa shape index (κ2) is 43.7. The first kappa shape index (κ1) is 60.9. The molecule has 0 aliphatic rings. The molecule has 0 heterocycles. The maximum atomic E-state index is 12.6. The first-order valence-corrected chi connectivity index (χ1v) is 28.0.